The quantitative estimate of drug-likeness (QED) is 0.885. The lowest BCUT2D eigenvalue weighted by molar-refractivity contribution is 0.245. The van der Waals surface area contributed by atoms with Gasteiger partial charge in [0.05, 0.1) is 0 Å². The predicted octanol–water partition coefficient (Wildman–Crippen LogP) is 3.34. The molecule has 0 aromatic carbocycles. The molecule has 1 aliphatic rings. The van der Waals surface area contributed by atoms with Crippen molar-refractivity contribution in [2.75, 3.05) is 0 Å². The number of nitrogens with zero attached hydrogens (tertiary/aromatic N) is 1. The van der Waals surface area contributed by atoms with Crippen LogP contribution < -0.4 is 5.73 Å². The van der Waals surface area contributed by atoms with Gasteiger partial charge in [-0.3, -0.25) is 4.98 Å². The predicted molar refractivity (Wildman–Crippen MR) is 76.4 cm³/mol. The van der Waals surface area contributed by atoms with E-state index in [0.717, 1.165) is 24.5 Å². The zero-order valence-corrected chi connectivity index (χ0v) is 11.7. The fourth-order valence-corrected chi connectivity index (χ4v) is 3.06. The zero-order valence-electron chi connectivity index (χ0n) is 11.7. The minimum absolute atomic E-state index is 0.285. The lowest BCUT2D eigenvalue weighted by Gasteiger charge is -2.31. The summed E-state index contributed by atoms with van der Waals surface area (Å²) < 4.78 is 0. The van der Waals surface area contributed by atoms with Crippen molar-refractivity contribution in [1.82, 2.24) is 4.98 Å². The van der Waals surface area contributed by atoms with Crippen molar-refractivity contribution in [2.24, 2.45) is 17.6 Å². The molecule has 3 atom stereocenters. The maximum atomic E-state index is 6.37. The largest absolute Gasteiger partial charge is 0.327 e. The first-order valence-corrected chi connectivity index (χ1v) is 7.38. The molecule has 0 radical (unpaired) electrons. The van der Waals surface area contributed by atoms with Gasteiger partial charge in [0.1, 0.15) is 0 Å². The van der Waals surface area contributed by atoms with Crippen molar-refractivity contribution in [2.45, 2.75) is 58.4 Å². The molecule has 2 N–H and O–H groups in total. The van der Waals surface area contributed by atoms with E-state index in [1.165, 1.54) is 31.2 Å². The van der Waals surface area contributed by atoms with Gasteiger partial charge in [0.2, 0.25) is 0 Å². The first-order valence-electron chi connectivity index (χ1n) is 7.38. The molecular formula is C16H26N2. The summed E-state index contributed by atoms with van der Waals surface area (Å²) in [5.41, 5.74) is 8.83. The Morgan fingerprint density at radius 3 is 2.83 bits per heavy atom. The van der Waals surface area contributed by atoms with Gasteiger partial charge in [-0.1, -0.05) is 32.8 Å². The lowest BCUT2D eigenvalue weighted by atomic mass is 9.78. The van der Waals surface area contributed by atoms with Crippen LogP contribution in [0.2, 0.25) is 0 Å². The van der Waals surface area contributed by atoms with Crippen LogP contribution in [-0.4, -0.2) is 11.0 Å². The van der Waals surface area contributed by atoms with E-state index in [0.29, 0.717) is 5.92 Å². The topological polar surface area (TPSA) is 38.9 Å². The molecule has 2 nitrogen and oxygen atoms in total. The monoisotopic (exact) mass is 246 g/mol. The molecule has 1 aromatic heterocycles. The van der Waals surface area contributed by atoms with Gasteiger partial charge in [-0.15, -0.1) is 0 Å². The van der Waals surface area contributed by atoms with Crippen LogP contribution in [0.5, 0.6) is 0 Å². The zero-order chi connectivity index (χ0) is 13.0. The van der Waals surface area contributed by atoms with Gasteiger partial charge in [-0.25, -0.2) is 0 Å². The highest BCUT2D eigenvalue weighted by Crippen LogP contribution is 2.30. The summed E-state index contributed by atoms with van der Waals surface area (Å²) in [6.45, 7) is 4.51. The van der Waals surface area contributed by atoms with E-state index in [-0.39, 0.29) is 6.04 Å². The molecule has 1 heterocycles. The Kier molecular flexibility index (Phi) is 4.76. The Bertz CT molecular complexity index is 358. The number of hydrogen-bond donors (Lipinski definition) is 1. The third-order valence-electron chi connectivity index (χ3n) is 4.32. The van der Waals surface area contributed by atoms with Gasteiger partial charge in [0, 0.05) is 24.4 Å². The van der Waals surface area contributed by atoms with Crippen LogP contribution in [0.1, 0.15) is 50.8 Å². The molecule has 100 valence electrons. The molecule has 1 fully saturated rings. The molecule has 0 amide bonds. The Labute approximate surface area is 111 Å². The summed E-state index contributed by atoms with van der Waals surface area (Å²) in [7, 11) is 0. The maximum absolute atomic E-state index is 6.37. The van der Waals surface area contributed by atoms with Crippen molar-refractivity contribution < 1.29 is 0 Å². The van der Waals surface area contributed by atoms with Gasteiger partial charge in [-0.2, -0.15) is 0 Å². The van der Waals surface area contributed by atoms with Gasteiger partial charge < -0.3 is 5.73 Å². The second kappa shape index (κ2) is 6.33. The fraction of sp³-hybridized carbons (Fsp3) is 0.688. The number of aromatic nitrogens is 1. The van der Waals surface area contributed by atoms with Crippen molar-refractivity contribution >= 4 is 0 Å². The molecule has 3 unspecified atom stereocenters. The lowest BCUT2D eigenvalue weighted by Crippen LogP contribution is -2.35. The van der Waals surface area contributed by atoms with Crippen LogP contribution in [-0.2, 0) is 12.8 Å². The van der Waals surface area contributed by atoms with Gasteiger partial charge in [0.15, 0.2) is 0 Å². The van der Waals surface area contributed by atoms with Crippen LogP contribution in [0.25, 0.3) is 0 Å². The van der Waals surface area contributed by atoms with Crippen LogP contribution >= 0.6 is 0 Å². The second-order valence-electron chi connectivity index (χ2n) is 5.91. The fourth-order valence-electron chi connectivity index (χ4n) is 3.06. The first kappa shape index (κ1) is 13.5. The molecule has 18 heavy (non-hydrogen) atoms. The molecule has 0 aliphatic heterocycles. The third-order valence-corrected chi connectivity index (χ3v) is 4.32. The third kappa shape index (κ3) is 3.55. The van der Waals surface area contributed by atoms with E-state index in [4.69, 9.17) is 5.73 Å². The average molecular weight is 246 g/mol. The van der Waals surface area contributed by atoms with Gasteiger partial charge >= 0.3 is 0 Å². The van der Waals surface area contributed by atoms with E-state index in [1.807, 2.05) is 6.20 Å². The van der Waals surface area contributed by atoms with E-state index < -0.39 is 0 Å². The number of nitrogens with two attached hydrogens (primary N) is 1. The van der Waals surface area contributed by atoms with Crippen molar-refractivity contribution in [3.05, 3.63) is 29.6 Å². The molecule has 2 rings (SSSR count). The van der Waals surface area contributed by atoms with E-state index >= 15 is 0 Å². The number of pyridine rings is 1. The summed E-state index contributed by atoms with van der Waals surface area (Å²) in [5, 5.41) is 0. The Balaban J connectivity index is 1.91. The van der Waals surface area contributed by atoms with Gasteiger partial charge in [0.25, 0.3) is 0 Å². The SMILES string of the molecule is CCc1ccc(CC(N)C2CCCC(C)C2)nc1. The summed E-state index contributed by atoms with van der Waals surface area (Å²) in [6, 6.07) is 4.61. The number of hydrogen-bond acceptors (Lipinski definition) is 2. The molecule has 0 bridgehead atoms. The van der Waals surface area contributed by atoms with E-state index in [1.54, 1.807) is 0 Å². The summed E-state index contributed by atoms with van der Waals surface area (Å²) >= 11 is 0. The minimum Gasteiger partial charge on any atom is -0.327 e. The molecule has 1 aromatic rings. The van der Waals surface area contributed by atoms with Crippen molar-refractivity contribution in [1.29, 1.82) is 0 Å². The molecular weight excluding hydrogens is 220 g/mol. The van der Waals surface area contributed by atoms with Gasteiger partial charge in [-0.05, 0) is 42.7 Å². The van der Waals surface area contributed by atoms with Crippen LogP contribution in [0, 0.1) is 11.8 Å². The summed E-state index contributed by atoms with van der Waals surface area (Å²) in [4.78, 5) is 4.52. The molecule has 2 heteroatoms. The van der Waals surface area contributed by atoms with E-state index in [9.17, 15) is 0 Å². The average Bonchev–Trinajstić information content (AvgIpc) is 2.39. The highest BCUT2D eigenvalue weighted by Gasteiger charge is 2.24. The Morgan fingerprint density at radius 1 is 1.39 bits per heavy atom. The summed E-state index contributed by atoms with van der Waals surface area (Å²) in [5.74, 6) is 1.55. The standard InChI is InChI=1S/C16H26N2/c1-3-13-7-8-15(18-11-13)10-16(17)14-6-4-5-12(2)9-14/h7-8,11-12,14,16H,3-6,9-10,17H2,1-2H3. The maximum Gasteiger partial charge on any atom is 0.0419 e. The van der Waals surface area contributed by atoms with Crippen LogP contribution in [0.15, 0.2) is 18.3 Å². The van der Waals surface area contributed by atoms with Crippen molar-refractivity contribution in [3.8, 4) is 0 Å². The highest BCUT2D eigenvalue weighted by molar-refractivity contribution is 5.14. The van der Waals surface area contributed by atoms with E-state index in [2.05, 4.69) is 31.0 Å². The summed E-state index contributed by atoms with van der Waals surface area (Å²) in [6.07, 6.45) is 9.31. The molecule has 1 aliphatic carbocycles. The molecule has 0 saturated heterocycles. The van der Waals surface area contributed by atoms with Crippen LogP contribution in [0.3, 0.4) is 0 Å². The minimum atomic E-state index is 0.285. The Hall–Kier alpha value is -0.890. The van der Waals surface area contributed by atoms with Crippen molar-refractivity contribution in [3.63, 3.8) is 0 Å². The highest BCUT2D eigenvalue weighted by atomic mass is 14.7. The normalized spacial score (nSPS) is 25.9. The van der Waals surface area contributed by atoms with Crippen LogP contribution in [0.4, 0.5) is 0 Å². The number of aryl methyl sites for hydroxylation is 1. The first-order chi connectivity index (χ1) is 8.69. The second-order valence-corrected chi connectivity index (χ2v) is 5.91. The molecule has 1 saturated carbocycles. The smallest absolute Gasteiger partial charge is 0.0419 e. The number of rotatable bonds is 4. The molecule has 0 spiro atoms. The Morgan fingerprint density at radius 2 is 2.22 bits per heavy atom.